The number of rotatable bonds is 5. The van der Waals surface area contributed by atoms with Crippen LogP contribution in [0.5, 0.6) is 0 Å². The summed E-state index contributed by atoms with van der Waals surface area (Å²) in [6, 6.07) is 14.5. The molecule has 0 bridgehead atoms. The molecule has 0 aliphatic heterocycles. The van der Waals surface area contributed by atoms with E-state index >= 15 is 0 Å². The maximum absolute atomic E-state index is 11.8. The van der Waals surface area contributed by atoms with Gasteiger partial charge in [0.15, 0.2) is 0 Å². The van der Waals surface area contributed by atoms with Crippen LogP contribution in [-0.4, -0.2) is 11.9 Å². The Hall–Kier alpha value is -2.09. The van der Waals surface area contributed by atoms with Crippen LogP contribution in [0.15, 0.2) is 48.5 Å². The maximum Gasteiger partial charge on any atom is 0.244 e. The molecule has 1 N–H and O–H groups in total. The Morgan fingerprint density at radius 1 is 1.20 bits per heavy atom. The van der Waals surface area contributed by atoms with Crippen LogP contribution < -0.4 is 5.32 Å². The molecule has 0 saturated carbocycles. The van der Waals surface area contributed by atoms with Gasteiger partial charge in [-0.3, -0.25) is 4.79 Å². The van der Waals surface area contributed by atoms with Gasteiger partial charge in [-0.25, -0.2) is 0 Å². The number of carbonyl (C=O) groups is 1. The van der Waals surface area contributed by atoms with Gasteiger partial charge in [-0.1, -0.05) is 55.8 Å². The number of hydrogen-bond acceptors (Lipinski definition) is 1. The lowest BCUT2D eigenvalue weighted by molar-refractivity contribution is -0.117. The molecule has 2 nitrogen and oxygen atoms in total. The van der Waals surface area contributed by atoms with Crippen molar-refractivity contribution in [3.63, 3.8) is 0 Å². The van der Waals surface area contributed by atoms with Gasteiger partial charge in [0.2, 0.25) is 5.91 Å². The van der Waals surface area contributed by atoms with Crippen molar-refractivity contribution in [3.05, 3.63) is 54.1 Å². The van der Waals surface area contributed by atoms with Crippen molar-refractivity contribution >= 4 is 22.8 Å². The van der Waals surface area contributed by atoms with Crippen molar-refractivity contribution in [2.24, 2.45) is 0 Å². The minimum absolute atomic E-state index is 0.0288. The zero-order valence-corrected chi connectivity index (χ0v) is 12.1. The lowest BCUT2D eigenvalue weighted by atomic mass is 10.0. The highest BCUT2D eigenvalue weighted by Crippen LogP contribution is 2.19. The Bertz CT molecular complexity index is 610. The highest BCUT2D eigenvalue weighted by Gasteiger charge is 2.03. The topological polar surface area (TPSA) is 29.1 Å². The molecule has 104 valence electrons. The van der Waals surface area contributed by atoms with Crippen LogP contribution in [0.3, 0.4) is 0 Å². The molecule has 0 radical (unpaired) electrons. The second-order valence-electron chi connectivity index (χ2n) is 5.10. The molecular formula is C18H21NO. The molecule has 1 unspecified atom stereocenters. The summed E-state index contributed by atoms with van der Waals surface area (Å²) >= 11 is 0. The van der Waals surface area contributed by atoms with Gasteiger partial charge in [0.1, 0.15) is 0 Å². The van der Waals surface area contributed by atoms with Gasteiger partial charge in [-0.2, -0.15) is 0 Å². The summed E-state index contributed by atoms with van der Waals surface area (Å²) in [5, 5.41) is 5.33. The van der Waals surface area contributed by atoms with E-state index in [2.05, 4.69) is 30.4 Å². The normalized spacial score (nSPS) is 12.7. The summed E-state index contributed by atoms with van der Waals surface area (Å²) in [4.78, 5) is 11.8. The monoisotopic (exact) mass is 267 g/mol. The fourth-order valence-electron chi connectivity index (χ4n) is 2.36. The fraction of sp³-hybridized carbons (Fsp3) is 0.278. The molecular weight excluding hydrogens is 246 g/mol. The zero-order valence-electron chi connectivity index (χ0n) is 12.1. The summed E-state index contributed by atoms with van der Waals surface area (Å²) in [7, 11) is 0. The molecule has 2 aromatic carbocycles. The van der Waals surface area contributed by atoms with E-state index in [9.17, 15) is 4.79 Å². The highest BCUT2D eigenvalue weighted by atomic mass is 16.1. The minimum atomic E-state index is -0.0288. The van der Waals surface area contributed by atoms with E-state index < -0.39 is 0 Å². The summed E-state index contributed by atoms with van der Waals surface area (Å²) in [5.41, 5.74) is 1.07. The first-order chi connectivity index (χ1) is 9.70. The molecule has 1 atom stereocenters. The van der Waals surface area contributed by atoms with Gasteiger partial charge in [0.25, 0.3) is 0 Å². The number of fused-ring (bicyclic) bond motifs is 1. The van der Waals surface area contributed by atoms with Crippen molar-refractivity contribution in [2.75, 3.05) is 0 Å². The number of benzene rings is 2. The number of carbonyl (C=O) groups excluding carboxylic acids is 1. The van der Waals surface area contributed by atoms with Gasteiger partial charge < -0.3 is 5.32 Å². The average molecular weight is 267 g/mol. The van der Waals surface area contributed by atoms with Gasteiger partial charge in [0, 0.05) is 12.1 Å². The molecule has 0 saturated heterocycles. The number of amides is 1. The Morgan fingerprint density at radius 2 is 1.95 bits per heavy atom. The summed E-state index contributed by atoms with van der Waals surface area (Å²) in [5.74, 6) is -0.0288. The third-order valence-electron chi connectivity index (χ3n) is 3.35. The molecule has 20 heavy (non-hydrogen) atoms. The van der Waals surface area contributed by atoms with Gasteiger partial charge in [0.05, 0.1) is 0 Å². The smallest absolute Gasteiger partial charge is 0.244 e. The lowest BCUT2D eigenvalue weighted by Gasteiger charge is -2.10. The maximum atomic E-state index is 11.8. The van der Waals surface area contributed by atoms with Crippen LogP contribution in [0.2, 0.25) is 0 Å². The van der Waals surface area contributed by atoms with E-state index in [4.69, 9.17) is 0 Å². The molecule has 0 aliphatic carbocycles. The van der Waals surface area contributed by atoms with Crippen LogP contribution in [0, 0.1) is 0 Å². The second-order valence-corrected chi connectivity index (χ2v) is 5.10. The van der Waals surface area contributed by atoms with Crippen LogP contribution in [-0.2, 0) is 4.79 Å². The van der Waals surface area contributed by atoms with E-state index in [1.54, 1.807) is 6.08 Å². The van der Waals surface area contributed by atoms with E-state index in [1.807, 2.05) is 37.3 Å². The molecule has 0 fully saturated rings. The predicted molar refractivity (Wildman–Crippen MR) is 85.5 cm³/mol. The van der Waals surface area contributed by atoms with Crippen molar-refractivity contribution in [1.82, 2.24) is 5.32 Å². The molecule has 1 amide bonds. The largest absolute Gasteiger partial charge is 0.350 e. The van der Waals surface area contributed by atoms with Crippen molar-refractivity contribution in [1.29, 1.82) is 0 Å². The van der Waals surface area contributed by atoms with Gasteiger partial charge >= 0.3 is 0 Å². The summed E-state index contributed by atoms with van der Waals surface area (Å²) < 4.78 is 0. The first kappa shape index (κ1) is 14.3. The molecule has 2 rings (SSSR count). The SMILES string of the molecule is CCCC(C)NC(=O)/C=C/c1cccc2ccccc12. The lowest BCUT2D eigenvalue weighted by Crippen LogP contribution is -2.30. The standard InChI is InChI=1S/C18H21NO/c1-3-7-14(2)19-18(20)13-12-16-10-6-9-15-8-4-5-11-17(15)16/h4-6,8-14H,3,7H2,1-2H3,(H,19,20)/b13-12+. The Kier molecular flexibility index (Phi) is 4.94. The molecule has 0 spiro atoms. The summed E-state index contributed by atoms with van der Waals surface area (Å²) in [6.07, 6.45) is 5.59. The van der Waals surface area contributed by atoms with E-state index in [0.717, 1.165) is 18.4 Å². The second kappa shape index (κ2) is 6.90. The third kappa shape index (κ3) is 3.70. The first-order valence-electron chi connectivity index (χ1n) is 7.17. The van der Waals surface area contributed by atoms with Crippen molar-refractivity contribution in [2.45, 2.75) is 32.7 Å². The number of nitrogens with one attached hydrogen (secondary N) is 1. The highest BCUT2D eigenvalue weighted by molar-refractivity contribution is 5.96. The third-order valence-corrected chi connectivity index (χ3v) is 3.35. The summed E-state index contributed by atoms with van der Waals surface area (Å²) in [6.45, 7) is 4.15. The zero-order chi connectivity index (χ0) is 14.4. The number of hydrogen-bond donors (Lipinski definition) is 1. The van der Waals surface area contributed by atoms with Crippen LogP contribution in [0.1, 0.15) is 32.3 Å². The van der Waals surface area contributed by atoms with E-state index in [-0.39, 0.29) is 11.9 Å². The Labute approximate surface area is 120 Å². The van der Waals surface area contributed by atoms with E-state index in [1.165, 1.54) is 10.8 Å². The molecule has 0 aliphatic rings. The Morgan fingerprint density at radius 3 is 2.75 bits per heavy atom. The van der Waals surface area contributed by atoms with Crippen molar-refractivity contribution < 1.29 is 4.79 Å². The fourth-order valence-corrected chi connectivity index (χ4v) is 2.36. The first-order valence-corrected chi connectivity index (χ1v) is 7.17. The molecule has 2 aromatic rings. The van der Waals surface area contributed by atoms with Crippen molar-refractivity contribution in [3.8, 4) is 0 Å². The average Bonchev–Trinajstić information content (AvgIpc) is 2.45. The minimum Gasteiger partial charge on any atom is -0.350 e. The van der Waals surface area contributed by atoms with Crippen LogP contribution >= 0.6 is 0 Å². The quantitative estimate of drug-likeness (QED) is 0.810. The molecule has 2 heteroatoms. The van der Waals surface area contributed by atoms with Gasteiger partial charge in [-0.15, -0.1) is 0 Å². The van der Waals surface area contributed by atoms with Gasteiger partial charge in [-0.05, 0) is 35.8 Å². The van der Waals surface area contributed by atoms with Crippen LogP contribution in [0.25, 0.3) is 16.8 Å². The van der Waals surface area contributed by atoms with Crippen LogP contribution in [0.4, 0.5) is 0 Å². The van der Waals surface area contributed by atoms with E-state index in [0.29, 0.717) is 0 Å². The molecule has 0 aromatic heterocycles. The predicted octanol–water partition coefficient (Wildman–Crippen LogP) is 4.16. The Balaban J connectivity index is 2.12. The molecule has 0 heterocycles.